The van der Waals surface area contributed by atoms with Crippen LogP contribution in [0.2, 0.25) is 0 Å². The number of carbonyl (C=O) groups excluding carboxylic acids is 1. The Balaban J connectivity index is 0.000000174. The number of hydrogen-bond donors (Lipinski definition) is 1. The van der Waals surface area contributed by atoms with Crippen LogP contribution in [0, 0.1) is 28.1 Å². The number of fused-ring (bicyclic) bond motifs is 9. The standard InChI is InChI=1S/C19H24FN3.C19H25N3O.C19H23N3O.CH4.B.Na.H/c1-18(2)7-9-19(20,10-8-18)6-5-15-17-14(4-3-11-22-17)16-12-21-13-23(15)16;2*1-19(2)7-5-13(6-8-19)17(23)10-15-18-14(4-3-9-21-18)16-11-20-12-22(15)16;;;;/h3-4,11-13,15H,5-10H2,1-2H3;3-4,9,11-13,15,17,23H,5-8,10H2,1-2H3;3-4,9,11-13,15H,5-8,10H2,1-2H3;1H4;;;/q;;;;;+1;-1/t15-;;;;;;/m0....../s1. The van der Waals surface area contributed by atoms with Crippen LogP contribution in [0.25, 0.3) is 33.8 Å². The van der Waals surface area contributed by atoms with Crippen LogP contribution in [0.5, 0.6) is 0 Å². The molecule has 3 fully saturated rings. The first-order chi connectivity index (χ1) is 33.1. The van der Waals surface area contributed by atoms with Crippen LogP contribution in [-0.2, 0) is 4.79 Å². The minimum absolute atomic E-state index is 0. The molecule has 0 aromatic carbocycles. The van der Waals surface area contributed by atoms with Gasteiger partial charge in [0.1, 0.15) is 11.5 Å². The quantitative estimate of drug-likeness (QED) is 0.142. The summed E-state index contributed by atoms with van der Waals surface area (Å²) in [6.45, 7) is 13.8. The summed E-state index contributed by atoms with van der Waals surface area (Å²) in [5, 5.41) is 10.8. The Morgan fingerprint density at radius 3 is 1.53 bits per heavy atom. The topological polar surface area (TPSA) is 129 Å². The van der Waals surface area contributed by atoms with Crippen LogP contribution in [0.1, 0.15) is 188 Å². The molecule has 3 aliphatic carbocycles. The molecule has 3 unspecified atom stereocenters. The van der Waals surface area contributed by atoms with Gasteiger partial charge in [0.05, 0.1) is 96.0 Å². The fourth-order valence-corrected chi connectivity index (χ4v) is 12.4. The van der Waals surface area contributed by atoms with E-state index in [0.717, 1.165) is 115 Å². The second-order valence-corrected chi connectivity index (χ2v) is 23.7. The molecule has 3 radical (unpaired) electrons. The van der Waals surface area contributed by atoms with Gasteiger partial charge in [-0.05, 0) is 148 Å². The Labute approximate surface area is 453 Å². The number of aromatic nitrogens is 9. The van der Waals surface area contributed by atoms with Crippen molar-refractivity contribution in [2.75, 3.05) is 0 Å². The first kappa shape index (κ1) is 55.5. The van der Waals surface area contributed by atoms with E-state index in [9.17, 15) is 9.90 Å². The Morgan fingerprint density at radius 1 is 0.639 bits per heavy atom. The monoisotopic (exact) mass is 985 g/mol. The largest absolute Gasteiger partial charge is 1.00 e. The second kappa shape index (κ2) is 22.3. The first-order valence-electron chi connectivity index (χ1n) is 25.9. The molecule has 0 amide bonds. The van der Waals surface area contributed by atoms with Crippen molar-refractivity contribution in [3.8, 4) is 33.8 Å². The van der Waals surface area contributed by atoms with Gasteiger partial charge in [0.15, 0.2) is 0 Å². The van der Waals surface area contributed by atoms with Gasteiger partial charge in [0, 0.05) is 62.5 Å². The Kier molecular flexibility index (Phi) is 17.2. The predicted molar refractivity (Wildman–Crippen MR) is 281 cm³/mol. The number of aliphatic hydroxyl groups excluding tert-OH is 1. The van der Waals surface area contributed by atoms with Crippen molar-refractivity contribution in [1.29, 1.82) is 0 Å². The average molecular weight is 985 g/mol. The molecule has 72 heavy (non-hydrogen) atoms. The molecule has 6 aromatic heterocycles. The maximum absolute atomic E-state index is 15.2. The van der Waals surface area contributed by atoms with Crippen molar-refractivity contribution in [1.82, 2.24) is 43.6 Å². The zero-order valence-corrected chi connectivity index (χ0v) is 45.3. The SMILES string of the molecule is C.CC1(C)CCC(C(=O)CC2c3ncccc3-c3cncn32)CC1.CC1(C)CCC(C(O)CC2c3ncccc3-c3cncn32)CC1.CC1(C)CCC(F)(CC[C@H]2c3ncccc3-c3cncn32)CC1.[B].[H-].[Na+]. The fourth-order valence-electron chi connectivity index (χ4n) is 12.4. The van der Waals surface area contributed by atoms with E-state index in [4.69, 9.17) is 0 Å². The van der Waals surface area contributed by atoms with Crippen LogP contribution >= 0.6 is 0 Å². The smallest absolute Gasteiger partial charge is 1.00 e. The molecule has 9 heterocycles. The van der Waals surface area contributed by atoms with E-state index in [1.54, 1.807) is 0 Å². The maximum atomic E-state index is 15.2. The number of aliphatic hydroxyl groups is 1. The molecule has 1 N–H and O–H groups in total. The van der Waals surface area contributed by atoms with Gasteiger partial charge in [0.2, 0.25) is 0 Å². The minimum atomic E-state index is -1.01. The summed E-state index contributed by atoms with van der Waals surface area (Å²) in [7, 11) is 0. The summed E-state index contributed by atoms with van der Waals surface area (Å²) in [5.74, 6) is 1.04. The number of rotatable bonds is 9. The molecule has 4 atom stereocenters. The van der Waals surface area contributed by atoms with E-state index in [1.165, 1.54) is 12.8 Å². The molecule has 0 spiro atoms. The average Bonchev–Trinajstić information content (AvgIpc) is 4.20. The molecule has 0 bridgehead atoms. The van der Waals surface area contributed by atoms with Gasteiger partial charge in [-0.25, -0.2) is 19.3 Å². The van der Waals surface area contributed by atoms with E-state index in [0.29, 0.717) is 53.6 Å². The van der Waals surface area contributed by atoms with Gasteiger partial charge < -0.3 is 20.2 Å². The molecule has 6 aromatic rings. The van der Waals surface area contributed by atoms with E-state index >= 15 is 4.39 Å². The third-order valence-electron chi connectivity index (χ3n) is 17.2. The number of hydrogen-bond acceptors (Lipinski definition) is 8. The molecule has 3 aliphatic heterocycles. The third-order valence-corrected chi connectivity index (χ3v) is 17.2. The summed E-state index contributed by atoms with van der Waals surface area (Å²) in [6.07, 6.45) is 31.5. The number of carbonyl (C=O) groups is 1. The van der Waals surface area contributed by atoms with Crippen molar-refractivity contribution in [2.45, 2.75) is 182 Å². The van der Waals surface area contributed by atoms with Gasteiger partial charge in [-0.2, -0.15) is 0 Å². The van der Waals surface area contributed by atoms with E-state index < -0.39 is 5.67 Å². The van der Waals surface area contributed by atoms with Gasteiger partial charge in [0.25, 0.3) is 0 Å². The number of halogens is 1. The van der Waals surface area contributed by atoms with Crippen molar-refractivity contribution in [3.63, 3.8) is 0 Å². The summed E-state index contributed by atoms with van der Waals surface area (Å²) in [5.41, 5.74) is 10.0. The zero-order valence-electron chi connectivity index (χ0n) is 44.3. The van der Waals surface area contributed by atoms with Crippen molar-refractivity contribution >= 4 is 14.2 Å². The number of pyridine rings is 3. The Bertz CT molecular complexity index is 2760. The summed E-state index contributed by atoms with van der Waals surface area (Å²) < 4.78 is 21.7. The number of nitrogens with zero attached hydrogens (tertiary/aromatic N) is 9. The minimum Gasteiger partial charge on any atom is -1.00 e. The summed E-state index contributed by atoms with van der Waals surface area (Å²) in [6, 6.07) is 12.4. The Hall–Kier alpha value is -4.30. The number of Topliss-reactive ketones (excluding diaryl/α,β-unsaturated/α-hetero) is 1. The van der Waals surface area contributed by atoms with Crippen LogP contribution in [0.3, 0.4) is 0 Å². The van der Waals surface area contributed by atoms with E-state index in [1.807, 2.05) is 74.4 Å². The summed E-state index contributed by atoms with van der Waals surface area (Å²) in [4.78, 5) is 39.4. The first-order valence-corrected chi connectivity index (χ1v) is 25.9. The number of ketones is 1. The molecule has 14 heteroatoms. The van der Waals surface area contributed by atoms with Crippen molar-refractivity contribution < 1.29 is 45.3 Å². The van der Waals surface area contributed by atoms with Gasteiger partial charge in [-0.1, -0.05) is 49.0 Å². The third kappa shape index (κ3) is 11.5. The number of alkyl halides is 1. The van der Waals surface area contributed by atoms with Gasteiger partial charge in [-0.3, -0.25) is 19.7 Å². The molecule has 377 valence electrons. The Morgan fingerprint density at radius 2 is 1.04 bits per heavy atom. The zero-order chi connectivity index (χ0) is 48.1. The fraction of sp³-hybridized carbons (Fsp3) is 0.569. The molecule has 11 nitrogen and oxygen atoms in total. The number of imidazole rings is 3. The second-order valence-electron chi connectivity index (χ2n) is 23.7. The van der Waals surface area contributed by atoms with Gasteiger partial charge >= 0.3 is 29.6 Å². The molecule has 0 saturated heterocycles. The van der Waals surface area contributed by atoms with Crippen molar-refractivity contribution in [3.05, 3.63) is 110 Å². The van der Waals surface area contributed by atoms with Crippen LogP contribution in [0.15, 0.2) is 92.6 Å². The molecule has 3 saturated carbocycles. The van der Waals surface area contributed by atoms with E-state index in [2.05, 4.69) is 103 Å². The molecule has 6 aliphatic rings. The molecular weight excluding hydrogens is 907 g/mol. The van der Waals surface area contributed by atoms with Crippen LogP contribution in [-0.4, -0.2) is 74.7 Å². The maximum Gasteiger partial charge on any atom is 1.00 e. The van der Waals surface area contributed by atoms with Crippen LogP contribution < -0.4 is 29.6 Å². The summed E-state index contributed by atoms with van der Waals surface area (Å²) >= 11 is 0. The predicted octanol–water partition coefficient (Wildman–Crippen LogP) is 10.1. The molecule has 12 rings (SSSR count). The van der Waals surface area contributed by atoms with Crippen molar-refractivity contribution in [2.24, 2.45) is 28.1 Å². The normalized spacial score (nSPS) is 22.7. The van der Waals surface area contributed by atoms with Crippen LogP contribution in [0.4, 0.5) is 4.39 Å². The molecular formula is C58H77BFN9NaO2. The van der Waals surface area contributed by atoms with Gasteiger partial charge in [-0.15, -0.1) is 0 Å². The van der Waals surface area contributed by atoms with E-state index in [-0.39, 0.29) is 77.0 Å².